The molecule has 1 N–H and O–H groups in total. The molecule has 7 heteroatoms. The van der Waals surface area contributed by atoms with E-state index in [0.29, 0.717) is 11.3 Å². The van der Waals surface area contributed by atoms with Crippen LogP contribution in [0.5, 0.6) is 0 Å². The molecule has 1 aliphatic heterocycles. The Morgan fingerprint density at radius 1 is 1.23 bits per heavy atom. The van der Waals surface area contributed by atoms with Gasteiger partial charge in [0.25, 0.3) is 11.5 Å². The molecule has 0 radical (unpaired) electrons. The summed E-state index contributed by atoms with van der Waals surface area (Å²) in [6.45, 7) is 5.16. The van der Waals surface area contributed by atoms with E-state index >= 15 is 0 Å². The summed E-state index contributed by atoms with van der Waals surface area (Å²) < 4.78 is 1.42. The Bertz CT molecular complexity index is 853. The Labute approximate surface area is 126 Å². The van der Waals surface area contributed by atoms with Gasteiger partial charge in [-0.1, -0.05) is 0 Å². The number of nitrogens with zero attached hydrogens (tertiary/aromatic N) is 3. The zero-order valence-electron chi connectivity index (χ0n) is 12.6. The number of urea groups is 1. The molecule has 3 heterocycles. The number of pyridine rings is 1. The smallest absolute Gasteiger partial charge is 0.324 e. The summed E-state index contributed by atoms with van der Waals surface area (Å²) in [6, 6.07) is 4.46. The molecule has 1 aliphatic rings. The molecular formula is C15H16N4O3. The number of aromatic nitrogens is 2. The Morgan fingerprint density at radius 2 is 1.95 bits per heavy atom. The van der Waals surface area contributed by atoms with E-state index in [2.05, 4.69) is 10.3 Å². The minimum Gasteiger partial charge on any atom is -0.324 e. The van der Waals surface area contributed by atoms with Crippen LogP contribution in [-0.4, -0.2) is 31.8 Å². The summed E-state index contributed by atoms with van der Waals surface area (Å²) in [4.78, 5) is 41.6. The molecule has 1 fully saturated rings. The second-order valence-electron chi connectivity index (χ2n) is 5.96. The largest absolute Gasteiger partial charge is 0.325 e. The summed E-state index contributed by atoms with van der Waals surface area (Å²) in [6.07, 6.45) is 1.65. The summed E-state index contributed by atoms with van der Waals surface area (Å²) >= 11 is 0. The van der Waals surface area contributed by atoms with Crippen LogP contribution in [0.4, 0.5) is 4.79 Å². The molecule has 0 bridgehead atoms. The summed E-state index contributed by atoms with van der Waals surface area (Å²) in [5.74, 6) is -0.330. The predicted octanol–water partition coefficient (Wildman–Crippen LogP) is 0.833. The Balaban J connectivity index is 2.00. The zero-order valence-corrected chi connectivity index (χ0v) is 12.6. The second kappa shape index (κ2) is 4.66. The van der Waals surface area contributed by atoms with E-state index in [9.17, 15) is 14.4 Å². The highest BCUT2D eigenvalue weighted by atomic mass is 16.2. The number of aryl methyl sites for hydroxylation is 1. The maximum Gasteiger partial charge on any atom is 0.325 e. The van der Waals surface area contributed by atoms with E-state index in [0.717, 1.165) is 10.5 Å². The van der Waals surface area contributed by atoms with Crippen molar-refractivity contribution in [2.75, 3.05) is 0 Å². The molecule has 2 aromatic heterocycles. The summed E-state index contributed by atoms with van der Waals surface area (Å²) in [7, 11) is 0. The average molecular weight is 300 g/mol. The Morgan fingerprint density at radius 3 is 2.59 bits per heavy atom. The van der Waals surface area contributed by atoms with Crippen molar-refractivity contribution < 1.29 is 9.59 Å². The van der Waals surface area contributed by atoms with Crippen LogP contribution >= 0.6 is 0 Å². The first-order chi connectivity index (χ1) is 10.3. The third kappa shape index (κ3) is 2.24. The molecule has 3 amide bonds. The molecule has 3 rings (SSSR count). The second-order valence-corrected chi connectivity index (χ2v) is 5.96. The number of imide groups is 1. The molecule has 0 spiro atoms. The molecule has 114 valence electrons. The SMILES string of the molecule is Cc1ccn2c(=O)cc(CN3C(=O)NC(C)(C)C3=O)nc2c1. The van der Waals surface area contributed by atoms with Crippen molar-refractivity contribution in [3.63, 3.8) is 0 Å². The number of hydrogen-bond donors (Lipinski definition) is 1. The van der Waals surface area contributed by atoms with Crippen molar-refractivity contribution in [1.82, 2.24) is 19.6 Å². The summed E-state index contributed by atoms with van der Waals surface area (Å²) in [5, 5.41) is 2.60. The van der Waals surface area contributed by atoms with Gasteiger partial charge in [-0.15, -0.1) is 0 Å². The number of hydrogen-bond acceptors (Lipinski definition) is 4. The quantitative estimate of drug-likeness (QED) is 0.833. The van der Waals surface area contributed by atoms with Crippen molar-refractivity contribution >= 4 is 17.6 Å². The van der Waals surface area contributed by atoms with Gasteiger partial charge in [0.2, 0.25) is 0 Å². The van der Waals surface area contributed by atoms with Crippen LogP contribution in [0.1, 0.15) is 25.1 Å². The van der Waals surface area contributed by atoms with E-state index in [4.69, 9.17) is 0 Å². The van der Waals surface area contributed by atoms with Crippen molar-refractivity contribution in [2.45, 2.75) is 32.9 Å². The number of amides is 3. The van der Waals surface area contributed by atoms with Gasteiger partial charge in [-0.05, 0) is 38.5 Å². The molecule has 0 aliphatic carbocycles. The molecule has 0 aromatic carbocycles. The van der Waals surface area contributed by atoms with E-state index < -0.39 is 11.6 Å². The van der Waals surface area contributed by atoms with Crippen molar-refractivity contribution in [2.24, 2.45) is 0 Å². The minimum absolute atomic E-state index is 0.0201. The molecular weight excluding hydrogens is 284 g/mol. The lowest BCUT2D eigenvalue weighted by atomic mass is 10.1. The topological polar surface area (TPSA) is 83.8 Å². The predicted molar refractivity (Wildman–Crippen MR) is 79.4 cm³/mol. The third-order valence-electron chi connectivity index (χ3n) is 3.64. The first kappa shape index (κ1) is 14.2. The van der Waals surface area contributed by atoms with Crippen LogP contribution in [0, 0.1) is 6.92 Å². The summed E-state index contributed by atoms with van der Waals surface area (Å²) in [5.41, 5.74) is 0.677. The van der Waals surface area contributed by atoms with Gasteiger partial charge in [0.15, 0.2) is 0 Å². The monoisotopic (exact) mass is 300 g/mol. The Hall–Kier alpha value is -2.70. The van der Waals surface area contributed by atoms with Gasteiger partial charge in [0.1, 0.15) is 11.2 Å². The van der Waals surface area contributed by atoms with E-state index in [1.807, 2.05) is 13.0 Å². The lowest BCUT2D eigenvalue weighted by Crippen LogP contribution is -2.40. The van der Waals surface area contributed by atoms with Gasteiger partial charge in [0, 0.05) is 12.3 Å². The van der Waals surface area contributed by atoms with Crippen LogP contribution in [0.3, 0.4) is 0 Å². The molecule has 2 aromatic rings. The number of nitrogens with one attached hydrogen (secondary N) is 1. The number of fused-ring (bicyclic) bond motifs is 1. The molecule has 1 saturated heterocycles. The number of rotatable bonds is 2. The third-order valence-corrected chi connectivity index (χ3v) is 3.64. The van der Waals surface area contributed by atoms with E-state index in [-0.39, 0.29) is 18.0 Å². The minimum atomic E-state index is -0.931. The van der Waals surface area contributed by atoms with Crippen molar-refractivity contribution in [1.29, 1.82) is 0 Å². The lowest BCUT2D eigenvalue weighted by Gasteiger charge is -2.15. The fourth-order valence-corrected chi connectivity index (χ4v) is 2.46. The molecule has 0 saturated carbocycles. The standard InChI is InChI=1S/C15H16N4O3/c1-9-4-5-18-11(6-9)16-10(7-12(18)20)8-19-13(21)15(2,3)17-14(19)22/h4-7H,8H2,1-3H3,(H,17,22). The Kier molecular flexibility index (Phi) is 3.01. The van der Waals surface area contributed by atoms with Crippen LogP contribution in [0.2, 0.25) is 0 Å². The maximum atomic E-state index is 12.2. The first-order valence-electron chi connectivity index (χ1n) is 6.91. The lowest BCUT2D eigenvalue weighted by molar-refractivity contribution is -0.130. The highest BCUT2D eigenvalue weighted by molar-refractivity contribution is 6.06. The van der Waals surface area contributed by atoms with Gasteiger partial charge >= 0.3 is 6.03 Å². The van der Waals surface area contributed by atoms with Crippen LogP contribution < -0.4 is 10.9 Å². The van der Waals surface area contributed by atoms with Gasteiger partial charge in [-0.3, -0.25) is 18.9 Å². The normalized spacial score (nSPS) is 17.1. The molecule has 22 heavy (non-hydrogen) atoms. The van der Waals surface area contributed by atoms with E-state index in [1.54, 1.807) is 26.1 Å². The van der Waals surface area contributed by atoms with Gasteiger partial charge < -0.3 is 5.32 Å². The highest BCUT2D eigenvalue weighted by Gasteiger charge is 2.44. The zero-order chi connectivity index (χ0) is 16.1. The van der Waals surface area contributed by atoms with E-state index in [1.165, 1.54) is 10.5 Å². The van der Waals surface area contributed by atoms with Crippen LogP contribution in [0.25, 0.3) is 5.65 Å². The fraction of sp³-hybridized carbons (Fsp3) is 0.333. The van der Waals surface area contributed by atoms with Crippen LogP contribution in [0.15, 0.2) is 29.2 Å². The molecule has 7 nitrogen and oxygen atoms in total. The highest BCUT2D eigenvalue weighted by Crippen LogP contribution is 2.18. The van der Waals surface area contributed by atoms with Crippen LogP contribution in [-0.2, 0) is 11.3 Å². The fourth-order valence-electron chi connectivity index (χ4n) is 2.46. The number of carbonyl (C=O) groups is 2. The van der Waals surface area contributed by atoms with Gasteiger partial charge in [-0.25, -0.2) is 9.78 Å². The maximum absolute atomic E-state index is 12.2. The van der Waals surface area contributed by atoms with Gasteiger partial charge in [0.05, 0.1) is 12.2 Å². The van der Waals surface area contributed by atoms with Crippen molar-refractivity contribution in [3.05, 3.63) is 46.0 Å². The van der Waals surface area contributed by atoms with Gasteiger partial charge in [-0.2, -0.15) is 0 Å². The van der Waals surface area contributed by atoms with Crippen molar-refractivity contribution in [3.8, 4) is 0 Å². The number of carbonyl (C=O) groups excluding carboxylic acids is 2. The first-order valence-corrected chi connectivity index (χ1v) is 6.91. The average Bonchev–Trinajstić information content (AvgIpc) is 2.60. The molecule has 0 unspecified atom stereocenters. The molecule has 0 atom stereocenters.